The van der Waals surface area contributed by atoms with Gasteiger partial charge in [-0.2, -0.15) is 0 Å². The third-order valence-corrected chi connectivity index (χ3v) is 4.84. The van der Waals surface area contributed by atoms with Crippen molar-refractivity contribution >= 4 is 17.4 Å². The van der Waals surface area contributed by atoms with E-state index < -0.39 is 0 Å². The summed E-state index contributed by atoms with van der Waals surface area (Å²) in [5.41, 5.74) is 3.91. The zero-order chi connectivity index (χ0) is 19.2. The predicted octanol–water partition coefficient (Wildman–Crippen LogP) is 3.56. The summed E-state index contributed by atoms with van der Waals surface area (Å²) >= 11 is 0. The molecule has 3 rings (SSSR count). The maximum absolute atomic E-state index is 12.5. The van der Waals surface area contributed by atoms with Crippen molar-refractivity contribution in [1.82, 2.24) is 15.3 Å². The number of benzene rings is 1. The molecule has 0 saturated carbocycles. The molecule has 2 N–H and O–H groups in total. The Morgan fingerprint density at radius 3 is 2.59 bits per heavy atom. The molecule has 1 unspecified atom stereocenters. The summed E-state index contributed by atoms with van der Waals surface area (Å²) in [5.74, 6) is 1.01. The standard InChI is InChI=1S/C21H28N4O2/c1-4-15-8-6-9-16(5-2)20(15)25-19-12-18(23-14(3)24-19)21(26)22-13-17-10-7-11-27-17/h6,8-9,12,17H,4-5,7,10-11,13H2,1-3H3,(H,22,26)(H,23,24,25). The second-order valence-corrected chi connectivity index (χ2v) is 6.81. The first-order chi connectivity index (χ1) is 13.1. The van der Waals surface area contributed by atoms with E-state index in [9.17, 15) is 4.79 Å². The maximum Gasteiger partial charge on any atom is 0.270 e. The van der Waals surface area contributed by atoms with E-state index in [1.807, 2.05) is 0 Å². The highest BCUT2D eigenvalue weighted by molar-refractivity contribution is 5.93. The van der Waals surface area contributed by atoms with Crippen molar-refractivity contribution in [2.45, 2.75) is 52.6 Å². The van der Waals surface area contributed by atoms with Gasteiger partial charge in [0.15, 0.2) is 0 Å². The number of carbonyl (C=O) groups excluding carboxylic acids is 1. The van der Waals surface area contributed by atoms with Gasteiger partial charge in [-0.3, -0.25) is 4.79 Å². The Kier molecular flexibility index (Phi) is 6.40. The van der Waals surface area contributed by atoms with Crippen LogP contribution in [0.3, 0.4) is 0 Å². The van der Waals surface area contributed by atoms with Crippen LogP contribution in [0.25, 0.3) is 0 Å². The molecule has 6 nitrogen and oxygen atoms in total. The lowest BCUT2D eigenvalue weighted by Crippen LogP contribution is -2.32. The fourth-order valence-corrected chi connectivity index (χ4v) is 3.38. The highest BCUT2D eigenvalue weighted by Gasteiger charge is 2.18. The van der Waals surface area contributed by atoms with E-state index in [0.717, 1.165) is 38.0 Å². The number of rotatable bonds is 7. The minimum atomic E-state index is -0.196. The highest BCUT2D eigenvalue weighted by atomic mass is 16.5. The molecule has 1 atom stereocenters. The van der Waals surface area contributed by atoms with Crippen LogP contribution in [0, 0.1) is 6.92 Å². The van der Waals surface area contributed by atoms with E-state index >= 15 is 0 Å². The molecule has 2 heterocycles. The minimum absolute atomic E-state index is 0.109. The van der Waals surface area contributed by atoms with Gasteiger partial charge in [-0.15, -0.1) is 0 Å². The smallest absolute Gasteiger partial charge is 0.270 e. The summed E-state index contributed by atoms with van der Waals surface area (Å²) in [6.45, 7) is 7.36. The lowest BCUT2D eigenvalue weighted by molar-refractivity contribution is 0.0853. The summed E-state index contributed by atoms with van der Waals surface area (Å²) in [4.78, 5) is 21.3. The van der Waals surface area contributed by atoms with E-state index in [1.54, 1.807) is 13.0 Å². The van der Waals surface area contributed by atoms with E-state index in [1.165, 1.54) is 11.1 Å². The van der Waals surface area contributed by atoms with E-state index in [-0.39, 0.29) is 12.0 Å². The van der Waals surface area contributed by atoms with Gasteiger partial charge in [0.1, 0.15) is 17.3 Å². The molecule has 1 fully saturated rings. The number of aromatic nitrogens is 2. The lowest BCUT2D eigenvalue weighted by Gasteiger charge is -2.16. The van der Waals surface area contributed by atoms with Crippen LogP contribution >= 0.6 is 0 Å². The van der Waals surface area contributed by atoms with Gasteiger partial charge in [0.2, 0.25) is 0 Å². The molecule has 1 saturated heterocycles. The molecule has 1 aromatic heterocycles. The third-order valence-electron chi connectivity index (χ3n) is 4.84. The van der Waals surface area contributed by atoms with Crippen LogP contribution in [0.1, 0.15) is 54.1 Å². The van der Waals surface area contributed by atoms with Crippen molar-refractivity contribution in [2.75, 3.05) is 18.5 Å². The number of ether oxygens (including phenoxy) is 1. The second kappa shape index (κ2) is 8.95. The van der Waals surface area contributed by atoms with Crippen molar-refractivity contribution in [3.05, 3.63) is 46.9 Å². The zero-order valence-corrected chi connectivity index (χ0v) is 16.3. The number of para-hydroxylation sites is 1. The lowest BCUT2D eigenvalue weighted by atomic mass is 10.0. The van der Waals surface area contributed by atoms with Crippen LogP contribution < -0.4 is 10.6 Å². The SMILES string of the molecule is CCc1cccc(CC)c1Nc1cc(C(=O)NCC2CCCO2)nc(C)n1. The molecule has 0 spiro atoms. The molecule has 144 valence electrons. The van der Waals surface area contributed by atoms with Crippen molar-refractivity contribution < 1.29 is 9.53 Å². The van der Waals surface area contributed by atoms with Gasteiger partial charge < -0.3 is 15.4 Å². The van der Waals surface area contributed by atoms with Gasteiger partial charge in [-0.05, 0) is 43.7 Å². The number of nitrogens with one attached hydrogen (secondary N) is 2. The zero-order valence-electron chi connectivity index (χ0n) is 16.3. The number of hydrogen-bond donors (Lipinski definition) is 2. The molecule has 0 bridgehead atoms. The molecule has 2 aromatic rings. The van der Waals surface area contributed by atoms with Crippen molar-refractivity contribution in [3.63, 3.8) is 0 Å². The van der Waals surface area contributed by atoms with Crippen molar-refractivity contribution in [3.8, 4) is 0 Å². The van der Waals surface area contributed by atoms with Gasteiger partial charge in [-0.1, -0.05) is 32.0 Å². The Labute approximate surface area is 160 Å². The number of anilines is 2. The number of amides is 1. The van der Waals surface area contributed by atoms with Crippen LogP contribution in [0.15, 0.2) is 24.3 Å². The molecular weight excluding hydrogens is 340 g/mol. The van der Waals surface area contributed by atoms with Crippen molar-refractivity contribution in [2.24, 2.45) is 0 Å². The predicted molar refractivity (Wildman–Crippen MR) is 107 cm³/mol. The van der Waals surface area contributed by atoms with Crippen LogP contribution in [-0.4, -0.2) is 35.1 Å². The van der Waals surface area contributed by atoms with E-state index in [0.29, 0.717) is 23.9 Å². The third kappa shape index (κ3) is 4.83. The number of aryl methyl sites for hydroxylation is 3. The molecule has 0 aliphatic carbocycles. The molecule has 6 heteroatoms. The maximum atomic E-state index is 12.5. The molecule has 27 heavy (non-hydrogen) atoms. The Hall–Kier alpha value is -2.47. The van der Waals surface area contributed by atoms with Gasteiger partial charge in [-0.25, -0.2) is 9.97 Å². The van der Waals surface area contributed by atoms with E-state index in [4.69, 9.17) is 4.74 Å². The normalized spacial score (nSPS) is 16.3. The first-order valence-electron chi connectivity index (χ1n) is 9.74. The van der Waals surface area contributed by atoms with Crippen LogP contribution in [0.2, 0.25) is 0 Å². The van der Waals surface area contributed by atoms with Gasteiger partial charge in [0.05, 0.1) is 6.10 Å². The molecular formula is C21H28N4O2. The molecule has 1 aliphatic heterocycles. The van der Waals surface area contributed by atoms with E-state index in [2.05, 4.69) is 52.6 Å². The average molecular weight is 368 g/mol. The Balaban J connectivity index is 1.78. The molecule has 1 aromatic carbocycles. The summed E-state index contributed by atoms with van der Waals surface area (Å²) in [7, 11) is 0. The first-order valence-corrected chi connectivity index (χ1v) is 9.74. The topological polar surface area (TPSA) is 76.1 Å². The monoisotopic (exact) mass is 368 g/mol. The van der Waals surface area contributed by atoms with Gasteiger partial charge in [0, 0.05) is 24.9 Å². The first kappa shape index (κ1) is 19.3. The van der Waals surface area contributed by atoms with Gasteiger partial charge in [0.25, 0.3) is 5.91 Å². The number of nitrogens with zero attached hydrogens (tertiary/aromatic N) is 2. The highest BCUT2D eigenvalue weighted by Crippen LogP contribution is 2.26. The number of carbonyl (C=O) groups is 1. The van der Waals surface area contributed by atoms with Crippen molar-refractivity contribution in [1.29, 1.82) is 0 Å². The Morgan fingerprint density at radius 1 is 1.22 bits per heavy atom. The fraction of sp³-hybridized carbons (Fsp3) is 0.476. The molecule has 0 radical (unpaired) electrons. The largest absolute Gasteiger partial charge is 0.376 e. The summed E-state index contributed by atoms with van der Waals surface area (Å²) in [6.07, 6.45) is 4.00. The van der Waals surface area contributed by atoms with Crippen LogP contribution in [0.5, 0.6) is 0 Å². The Bertz CT molecular complexity index is 779. The summed E-state index contributed by atoms with van der Waals surface area (Å²) < 4.78 is 5.56. The Morgan fingerprint density at radius 2 is 1.96 bits per heavy atom. The van der Waals surface area contributed by atoms with Crippen LogP contribution in [-0.2, 0) is 17.6 Å². The quantitative estimate of drug-likeness (QED) is 0.781. The molecule has 1 aliphatic rings. The summed E-state index contributed by atoms with van der Waals surface area (Å²) in [6, 6.07) is 8.03. The van der Waals surface area contributed by atoms with Gasteiger partial charge >= 0.3 is 0 Å². The molecule has 1 amide bonds. The summed E-state index contributed by atoms with van der Waals surface area (Å²) in [5, 5.41) is 6.34. The van der Waals surface area contributed by atoms with Crippen LogP contribution in [0.4, 0.5) is 11.5 Å². The fourth-order valence-electron chi connectivity index (χ4n) is 3.38. The minimum Gasteiger partial charge on any atom is -0.376 e. The number of hydrogen-bond acceptors (Lipinski definition) is 5. The second-order valence-electron chi connectivity index (χ2n) is 6.81. The average Bonchev–Trinajstić information content (AvgIpc) is 3.19.